The molecule has 8 heteroatoms. The van der Waals surface area contributed by atoms with Crippen molar-refractivity contribution in [1.82, 2.24) is 4.57 Å². The standard InChI is InChI=1S/C21H22ClNO6/c1-4-27-19(24)15-16(20(25)28-5-2)18(21(26)29-6-3)23-10-9-12-7-8-13(22)11-14(12)17(15)23/h7-8,11H,4-6,9-10H2,1-3H3. The molecule has 0 unspecified atom stereocenters. The molecule has 1 aromatic carbocycles. The van der Waals surface area contributed by atoms with E-state index in [-0.39, 0.29) is 36.6 Å². The Hall–Kier alpha value is -2.80. The maximum atomic E-state index is 12.9. The fourth-order valence-corrected chi connectivity index (χ4v) is 3.73. The van der Waals surface area contributed by atoms with Crippen molar-refractivity contribution in [2.45, 2.75) is 33.7 Å². The van der Waals surface area contributed by atoms with Crippen molar-refractivity contribution < 1.29 is 28.6 Å². The first kappa shape index (κ1) is 20.9. The summed E-state index contributed by atoms with van der Waals surface area (Å²) in [6, 6.07) is 5.35. The third-order valence-electron chi connectivity index (χ3n) is 4.62. The molecule has 7 nitrogen and oxygen atoms in total. The van der Waals surface area contributed by atoms with E-state index in [4.69, 9.17) is 25.8 Å². The molecular weight excluding hydrogens is 398 g/mol. The van der Waals surface area contributed by atoms with Crippen LogP contribution in [-0.2, 0) is 27.2 Å². The van der Waals surface area contributed by atoms with Gasteiger partial charge in [0.2, 0.25) is 0 Å². The van der Waals surface area contributed by atoms with E-state index in [0.717, 1.165) is 5.56 Å². The van der Waals surface area contributed by atoms with Crippen LogP contribution in [0, 0.1) is 0 Å². The predicted octanol–water partition coefficient (Wildman–Crippen LogP) is 3.89. The molecular formula is C21H22ClNO6. The Kier molecular flexibility index (Phi) is 6.27. The number of aryl methyl sites for hydroxylation is 1. The largest absolute Gasteiger partial charge is 0.462 e. The lowest BCUT2D eigenvalue weighted by atomic mass is 9.95. The Bertz CT molecular complexity index is 978. The summed E-state index contributed by atoms with van der Waals surface area (Å²) in [5.41, 5.74) is 1.90. The van der Waals surface area contributed by atoms with Crippen molar-refractivity contribution in [1.29, 1.82) is 0 Å². The van der Waals surface area contributed by atoms with E-state index >= 15 is 0 Å². The molecule has 0 fully saturated rings. The van der Waals surface area contributed by atoms with Gasteiger partial charge in [-0.15, -0.1) is 0 Å². The summed E-state index contributed by atoms with van der Waals surface area (Å²) >= 11 is 6.20. The zero-order valence-corrected chi connectivity index (χ0v) is 17.3. The zero-order valence-electron chi connectivity index (χ0n) is 16.5. The number of rotatable bonds is 6. The smallest absolute Gasteiger partial charge is 0.355 e. The molecule has 0 atom stereocenters. The lowest BCUT2D eigenvalue weighted by Crippen LogP contribution is -2.20. The van der Waals surface area contributed by atoms with Gasteiger partial charge in [0.1, 0.15) is 16.8 Å². The number of aromatic nitrogens is 1. The van der Waals surface area contributed by atoms with E-state index < -0.39 is 17.9 Å². The van der Waals surface area contributed by atoms with Gasteiger partial charge in [0.05, 0.1) is 25.5 Å². The minimum absolute atomic E-state index is 0.00318. The van der Waals surface area contributed by atoms with Gasteiger partial charge >= 0.3 is 17.9 Å². The van der Waals surface area contributed by atoms with Crippen molar-refractivity contribution in [2.75, 3.05) is 19.8 Å². The number of ether oxygens (including phenoxy) is 3. The number of hydrogen-bond donors (Lipinski definition) is 0. The highest BCUT2D eigenvalue weighted by Gasteiger charge is 2.38. The Morgan fingerprint density at radius 1 is 0.931 bits per heavy atom. The fourth-order valence-electron chi connectivity index (χ4n) is 3.56. The van der Waals surface area contributed by atoms with Crippen LogP contribution < -0.4 is 0 Å². The molecule has 0 radical (unpaired) electrons. The van der Waals surface area contributed by atoms with Crippen molar-refractivity contribution in [3.8, 4) is 11.3 Å². The zero-order chi connectivity index (χ0) is 21.1. The van der Waals surface area contributed by atoms with Crippen molar-refractivity contribution in [2.24, 2.45) is 0 Å². The van der Waals surface area contributed by atoms with Crippen molar-refractivity contribution in [3.63, 3.8) is 0 Å². The van der Waals surface area contributed by atoms with Gasteiger partial charge in [0, 0.05) is 17.1 Å². The van der Waals surface area contributed by atoms with E-state index in [2.05, 4.69) is 0 Å². The number of halogens is 1. The van der Waals surface area contributed by atoms with Gasteiger partial charge in [-0.25, -0.2) is 14.4 Å². The van der Waals surface area contributed by atoms with Crippen LogP contribution in [0.1, 0.15) is 57.5 Å². The quantitative estimate of drug-likeness (QED) is 0.521. The lowest BCUT2D eigenvalue weighted by Gasteiger charge is -2.22. The average Bonchev–Trinajstić information content (AvgIpc) is 3.04. The minimum Gasteiger partial charge on any atom is -0.462 e. The van der Waals surface area contributed by atoms with Crippen LogP contribution >= 0.6 is 11.6 Å². The highest BCUT2D eigenvalue weighted by atomic mass is 35.5. The third kappa shape index (κ3) is 3.74. The minimum atomic E-state index is -0.774. The lowest BCUT2D eigenvalue weighted by molar-refractivity contribution is 0.0458. The summed E-state index contributed by atoms with van der Waals surface area (Å²) in [5.74, 6) is -2.18. The second-order valence-electron chi connectivity index (χ2n) is 6.31. The number of nitrogens with zero attached hydrogens (tertiary/aromatic N) is 1. The molecule has 1 aliphatic rings. The molecule has 0 aliphatic carbocycles. The number of hydrogen-bond acceptors (Lipinski definition) is 6. The van der Waals surface area contributed by atoms with Crippen LogP contribution in [0.2, 0.25) is 5.02 Å². The second-order valence-corrected chi connectivity index (χ2v) is 6.75. The molecule has 2 heterocycles. The first-order valence-electron chi connectivity index (χ1n) is 9.51. The monoisotopic (exact) mass is 419 g/mol. The molecule has 2 aromatic rings. The van der Waals surface area contributed by atoms with E-state index in [1.165, 1.54) is 0 Å². The molecule has 0 amide bonds. The van der Waals surface area contributed by atoms with Crippen LogP contribution in [-0.4, -0.2) is 42.3 Å². The van der Waals surface area contributed by atoms with Gasteiger partial charge in [-0.2, -0.15) is 0 Å². The van der Waals surface area contributed by atoms with Crippen LogP contribution in [0.4, 0.5) is 0 Å². The summed E-state index contributed by atoms with van der Waals surface area (Å²) in [6.45, 7) is 5.71. The molecule has 0 saturated carbocycles. The Balaban J connectivity index is 2.39. The van der Waals surface area contributed by atoms with Gasteiger partial charge in [-0.1, -0.05) is 17.7 Å². The molecule has 1 aromatic heterocycles. The first-order valence-corrected chi connectivity index (χ1v) is 9.88. The van der Waals surface area contributed by atoms with Gasteiger partial charge in [0.25, 0.3) is 0 Å². The Morgan fingerprint density at radius 3 is 2.14 bits per heavy atom. The summed E-state index contributed by atoms with van der Waals surface area (Å²) in [7, 11) is 0. The predicted molar refractivity (Wildman–Crippen MR) is 106 cm³/mol. The van der Waals surface area contributed by atoms with Gasteiger partial charge in [-0.3, -0.25) is 0 Å². The Morgan fingerprint density at radius 2 is 1.52 bits per heavy atom. The topological polar surface area (TPSA) is 83.8 Å². The number of benzene rings is 1. The highest BCUT2D eigenvalue weighted by molar-refractivity contribution is 6.31. The van der Waals surface area contributed by atoms with Gasteiger partial charge in [0.15, 0.2) is 0 Å². The molecule has 0 saturated heterocycles. The van der Waals surface area contributed by atoms with Crippen LogP contribution in [0.5, 0.6) is 0 Å². The number of esters is 3. The van der Waals surface area contributed by atoms with Crippen molar-refractivity contribution >= 4 is 29.5 Å². The average molecular weight is 420 g/mol. The molecule has 29 heavy (non-hydrogen) atoms. The summed E-state index contributed by atoms with van der Waals surface area (Å²) < 4.78 is 17.2. The molecule has 1 aliphatic heterocycles. The Labute approximate surface area is 173 Å². The van der Waals surface area contributed by atoms with E-state index in [9.17, 15) is 14.4 Å². The summed E-state index contributed by atoms with van der Waals surface area (Å²) in [4.78, 5) is 38.5. The number of fused-ring (bicyclic) bond motifs is 3. The maximum Gasteiger partial charge on any atom is 0.355 e. The highest BCUT2D eigenvalue weighted by Crippen LogP contribution is 2.40. The van der Waals surface area contributed by atoms with Crippen molar-refractivity contribution in [3.05, 3.63) is 45.6 Å². The van der Waals surface area contributed by atoms with Gasteiger partial charge in [-0.05, 0) is 44.9 Å². The third-order valence-corrected chi connectivity index (χ3v) is 4.86. The van der Waals surface area contributed by atoms with Crippen LogP contribution in [0.25, 0.3) is 11.3 Å². The molecule has 3 rings (SSSR count). The first-order chi connectivity index (χ1) is 13.9. The SMILES string of the molecule is CCOC(=O)c1c(C(=O)OCC)c2n(c1C(=O)OCC)CCc1ccc(Cl)cc1-2. The summed E-state index contributed by atoms with van der Waals surface area (Å²) in [5, 5.41) is 0.476. The number of carbonyl (C=O) groups excluding carboxylic acids is 3. The van der Waals surface area contributed by atoms with E-state index in [1.807, 2.05) is 6.07 Å². The summed E-state index contributed by atoms with van der Waals surface area (Å²) in [6.07, 6.45) is 0.602. The second kappa shape index (κ2) is 8.69. The normalized spacial score (nSPS) is 12.0. The maximum absolute atomic E-state index is 12.9. The van der Waals surface area contributed by atoms with E-state index in [0.29, 0.717) is 29.2 Å². The number of carbonyl (C=O) groups is 3. The fraction of sp³-hybridized carbons (Fsp3) is 0.381. The molecule has 0 spiro atoms. The van der Waals surface area contributed by atoms with E-state index in [1.54, 1.807) is 37.5 Å². The molecule has 0 N–H and O–H groups in total. The van der Waals surface area contributed by atoms with Crippen LogP contribution in [0.15, 0.2) is 18.2 Å². The molecule has 154 valence electrons. The molecule has 0 bridgehead atoms. The van der Waals surface area contributed by atoms with Gasteiger partial charge < -0.3 is 18.8 Å². The van der Waals surface area contributed by atoms with Crippen LogP contribution in [0.3, 0.4) is 0 Å².